The Morgan fingerprint density at radius 1 is 1.32 bits per heavy atom. The highest BCUT2D eigenvalue weighted by atomic mass is 32.1. The number of aromatic nitrogens is 1. The predicted molar refractivity (Wildman–Crippen MR) is 82.6 cm³/mol. The number of pyridine rings is 1. The SMILES string of the molecule is CNCc1cccnc1N(Cc1cccs1)C(C)C. The molecule has 0 radical (unpaired) electrons. The molecule has 0 aliphatic rings. The van der Waals surface area contributed by atoms with Crippen molar-refractivity contribution in [3.05, 3.63) is 46.3 Å². The van der Waals surface area contributed by atoms with Crippen LogP contribution in [0.3, 0.4) is 0 Å². The number of anilines is 1. The van der Waals surface area contributed by atoms with Gasteiger partial charge in [0.25, 0.3) is 0 Å². The van der Waals surface area contributed by atoms with Gasteiger partial charge < -0.3 is 10.2 Å². The molecule has 0 bridgehead atoms. The summed E-state index contributed by atoms with van der Waals surface area (Å²) in [5.74, 6) is 1.08. The van der Waals surface area contributed by atoms with E-state index in [2.05, 4.69) is 52.6 Å². The first-order valence-electron chi connectivity index (χ1n) is 6.60. The molecular weight excluding hydrogens is 254 g/mol. The molecule has 0 aromatic carbocycles. The molecule has 0 aliphatic heterocycles. The van der Waals surface area contributed by atoms with Gasteiger partial charge in [-0.1, -0.05) is 12.1 Å². The molecule has 3 nitrogen and oxygen atoms in total. The first-order chi connectivity index (χ1) is 9.22. The van der Waals surface area contributed by atoms with Gasteiger partial charge in [0, 0.05) is 29.2 Å². The Labute approximate surface area is 119 Å². The number of nitrogens with zero attached hydrogens (tertiary/aromatic N) is 2. The van der Waals surface area contributed by atoms with Crippen LogP contribution < -0.4 is 10.2 Å². The Morgan fingerprint density at radius 3 is 2.79 bits per heavy atom. The van der Waals surface area contributed by atoms with Gasteiger partial charge in [-0.2, -0.15) is 0 Å². The first kappa shape index (κ1) is 14.0. The minimum atomic E-state index is 0.424. The Bertz CT molecular complexity index is 494. The van der Waals surface area contributed by atoms with E-state index in [1.807, 2.05) is 19.3 Å². The van der Waals surface area contributed by atoms with Gasteiger partial charge in [-0.15, -0.1) is 11.3 Å². The van der Waals surface area contributed by atoms with Crippen LogP contribution in [0.4, 0.5) is 5.82 Å². The van der Waals surface area contributed by atoms with Gasteiger partial charge in [-0.25, -0.2) is 4.98 Å². The molecule has 4 heteroatoms. The molecule has 2 heterocycles. The Kier molecular flexibility index (Phi) is 4.93. The fraction of sp³-hybridized carbons (Fsp3) is 0.400. The maximum atomic E-state index is 4.59. The smallest absolute Gasteiger partial charge is 0.133 e. The van der Waals surface area contributed by atoms with E-state index in [1.165, 1.54) is 10.4 Å². The Morgan fingerprint density at radius 2 is 2.16 bits per heavy atom. The molecule has 0 saturated carbocycles. The second kappa shape index (κ2) is 6.68. The Hall–Kier alpha value is -1.39. The molecule has 0 atom stereocenters. The highest BCUT2D eigenvalue weighted by molar-refractivity contribution is 7.09. The zero-order chi connectivity index (χ0) is 13.7. The molecular formula is C15H21N3S. The largest absolute Gasteiger partial charge is 0.349 e. The van der Waals surface area contributed by atoms with Gasteiger partial charge >= 0.3 is 0 Å². The van der Waals surface area contributed by atoms with Crippen LogP contribution in [0.1, 0.15) is 24.3 Å². The number of nitrogens with one attached hydrogen (secondary N) is 1. The molecule has 0 unspecified atom stereocenters. The third-order valence-corrected chi connectivity index (χ3v) is 3.90. The van der Waals surface area contributed by atoms with Crippen molar-refractivity contribution in [3.8, 4) is 0 Å². The lowest BCUT2D eigenvalue weighted by Gasteiger charge is -2.29. The van der Waals surface area contributed by atoms with Gasteiger partial charge in [0.05, 0.1) is 6.54 Å². The molecule has 0 fully saturated rings. The summed E-state index contributed by atoms with van der Waals surface area (Å²) in [7, 11) is 1.97. The van der Waals surface area contributed by atoms with Crippen molar-refractivity contribution in [2.24, 2.45) is 0 Å². The minimum absolute atomic E-state index is 0.424. The maximum absolute atomic E-state index is 4.59. The lowest BCUT2D eigenvalue weighted by molar-refractivity contribution is 0.667. The van der Waals surface area contributed by atoms with Gasteiger partial charge in [-0.3, -0.25) is 0 Å². The topological polar surface area (TPSA) is 28.2 Å². The lowest BCUT2D eigenvalue weighted by Crippen LogP contribution is -2.32. The van der Waals surface area contributed by atoms with Crippen molar-refractivity contribution in [2.45, 2.75) is 33.0 Å². The first-order valence-corrected chi connectivity index (χ1v) is 7.48. The van der Waals surface area contributed by atoms with Crippen LogP contribution in [0, 0.1) is 0 Å². The molecule has 2 aromatic heterocycles. The molecule has 19 heavy (non-hydrogen) atoms. The summed E-state index contributed by atoms with van der Waals surface area (Å²) in [5.41, 5.74) is 1.25. The van der Waals surface area contributed by atoms with Crippen molar-refractivity contribution >= 4 is 17.2 Å². The summed E-state index contributed by atoms with van der Waals surface area (Å²) >= 11 is 1.80. The highest BCUT2D eigenvalue weighted by Crippen LogP contribution is 2.23. The zero-order valence-electron chi connectivity index (χ0n) is 11.8. The van der Waals surface area contributed by atoms with Crippen LogP contribution >= 0.6 is 11.3 Å². The molecule has 0 saturated heterocycles. The second-order valence-corrected chi connectivity index (χ2v) is 5.85. The van der Waals surface area contributed by atoms with Crippen LogP contribution in [0.5, 0.6) is 0 Å². The zero-order valence-corrected chi connectivity index (χ0v) is 12.6. The van der Waals surface area contributed by atoms with E-state index in [0.29, 0.717) is 6.04 Å². The molecule has 1 N–H and O–H groups in total. The van der Waals surface area contributed by atoms with E-state index < -0.39 is 0 Å². The summed E-state index contributed by atoms with van der Waals surface area (Å²) < 4.78 is 0. The summed E-state index contributed by atoms with van der Waals surface area (Å²) in [5, 5.41) is 5.34. The van der Waals surface area contributed by atoms with Crippen LogP contribution in [-0.4, -0.2) is 18.1 Å². The molecule has 0 spiro atoms. The van der Waals surface area contributed by atoms with Crippen LogP contribution in [0.2, 0.25) is 0 Å². The summed E-state index contributed by atoms with van der Waals surface area (Å²) in [4.78, 5) is 8.32. The van der Waals surface area contributed by atoms with Crippen LogP contribution in [-0.2, 0) is 13.1 Å². The summed E-state index contributed by atoms with van der Waals surface area (Å²) in [6, 6.07) is 8.85. The van der Waals surface area contributed by atoms with Gasteiger partial charge in [-0.05, 0) is 38.4 Å². The minimum Gasteiger partial charge on any atom is -0.349 e. The van der Waals surface area contributed by atoms with Crippen LogP contribution in [0.25, 0.3) is 0 Å². The number of hydrogen-bond donors (Lipinski definition) is 1. The third-order valence-electron chi connectivity index (χ3n) is 3.04. The third kappa shape index (κ3) is 3.55. The van der Waals surface area contributed by atoms with Gasteiger partial charge in [0.15, 0.2) is 0 Å². The highest BCUT2D eigenvalue weighted by Gasteiger charge is 2.16. The maximum Gasteiger partial charge on any atom is 0.133 e. The monoisotopic (exact) mass is 275 g/mol. The predicted octanol–water partition coefficient (Wildman–Crippen LogP) is 3.28. The number of thiophene rings is 1. The van der Waals surface area contributed by atoms with Crippen molar-refractivity contribution in [2.75, 3.05) is 11.9 Å². The average Bonchev–Trinajstić information content (AvgIpc) is 2.90. The van der Waals surface area contributed by atoms with E-state index in [-0.39, 0.29) is 0 Å². The van der Waals surface area contributed by atoms with E-state index in [1.54, 1.807) is 11.3 Å². The average molecular weight is 275 g/mol. The van der Waals surface area contributed by atoms with Gasteiger partial charge in [0.2, 0.25) is 0 Å². The van der Waals surface area contributed by atoms with Gasteiger partial charge in [0.1, 0.15) is 5.82 Å². The molecule has 0 aliphatic carbocycles. The van der Waals surface area contributed by atoms with Crippen LogP contribution in [0.15, 0.2) is 35.8 Å². The summed E-state index contributed by atoms with van der Waals surface area (Å²) in [6.45, 7) is 6.19. The normalized spacial score (nSPS) is 10.9. The second-order valence-electron chi connectivity index (χ2n) is 4.82. The van der Waals surface area contributed by atoms with Crippen molar-refractivity contribution in [1.82, 2.24) is 10.3 Å². The molecule has 0 amide bonds. The van der Waals surface area contributed by atoms with Crippen molar-refractivity contribution in [1.29, 1.82) is 0 Å². The fourth-order valence-corrected chi connectivity index (χ4v) is 2.79. The van der Waals surface area contributed by atoms with Crippen molar-refractivity contribution in [3.63, 3.8) is 0 Å². The molecule has 2 rings (SSSR count). The quantitative estimate of drug-likeness (QED) is 0.877. The standard InChI is InChI=1S/C15H21N3S/c1-12(2)18(11-14-7-5-9-19-14)15-13(10-16-3)6-4-8-17-15/h4-9,12,16H,10-11H2,1-3H3. The lowest BCUT2D eigenvalue weighted by atomic mass is 10.2. The molecule has 102 valence electrons. The van der Waals surface area contributed by atoms with E-state index in [0.717, 1.165) is 18.9 Å². The van der Waals surface area contributed by atoms with E-state index >= 15 is 0 Å². The molecule has 2 aromatic rings. The summed E-state index contributed by atoms with van der Waals surface area (Å²) in [6.07, 6.45) is 1.87. The van der Waals surface area contributed by atoms with Crippen molar-refractivity contribution < 1.29 is 0 Å². The van der Waals surface area contributed by atoms with E-state index in [9.17, 15) is 0 Å². The number of hydrogen-bond acceptors (Lipinski definition) is 4. The Balaban J connectivity index is 2.28. The van der Waals surface area contributed by atoms with E-state index in [4.69, 9.17) is 0 Å². The fourth-order valence-electron chi connectivity index (χ4n) is 2.09. The number of rotatable bonds is 6.